The molecule has 0 aliphatic carbocycles. The van der Waals surface area contributed by atoms with E-state index in [1.54, 1.807) is 0 Å². The molecule has 0 spiro atoms. The van der Waals surface area contributed by atoms with Gasteiger partial charge >= 0.3 is 6.16 Å². The monoisotopic (exact) mass is 334 g/mol. The standard InChI is InChI=1S/C21H34O3/c1-3-5-7-8-9-10-11-14-18-23-21(22)24-20-17-13-12-16-19(20)15-6-4-2/h12-13,16-17H,3-11,14-15,18H2,1-2H3. The molecule has 0 radical (unpaired) electrons. The number of hydrogen-bond donors (Lipinski definition) is 0. The van der Waals surface area contributed by atoms with Gasteiger partial charge in [-0.2, -0.15) is 0 Å². The van der Waals surface area contributed by atoms with Crippen molar-refractivity contribution in [3.05, 3.63) is 29.8 Å². The minimum absolute atomic E-state index is 0.449. The molecule has 24 heavy (non-hydrogen) atoms. The SMILES string of the molecule is CCCCCCCCCCOC(=O)Oc1ccccc1CCCC. The van der Waals surface area contributed by atoms with Crippen molar-refractivity contribution in [2.75, 3.05) is 6.61 Å². The highest BCUT2D eigenvalue weighted by Gasteiger charge is 2.09. The summed E-state index contributed by atoms with van der Waals surface area (Å²) in [5, 5.41) is 0. The maximum absolute atomic E-state index is 11.8. The first-order chi connectivity index (χ1) is 11.8. The van der Waals surface area contributed by atoms with Crippen molar-refractivity contribution in [2.24, 2.45) is 0 Å². The van der Waals surface area contributed by atoms with Crippen LogP contribution in [-0.2, 0) is 11.2 Å². The van der Waals surface area contributed by atoms with Gasteiger partial charge in [-0.1, -0.05) is 83.4 Å². The molecule has 0 fully saturated rings. The van der Waals surface area contributed by atoms with Gasteiger partial charge in [-0.25, -0.2) is 4.79 Å². The fourth-order valence-corrected chi connectivity index (χ4v) is 2.69. The third kappa shape index (κ3) is 9.59. The Morgan fingerprint density at radius 1 is 0.833 bits per heavy atom. The number of carbonyl (C=O) groups excluding carboxylic acids is 1. The second-order valence-corrected chi connectivity index (χ2v) is 6.39. The molecule has 1 aromatic rings. The Morgan fingerprint density at radius 2 is 1.46 bits per heavy atom. The number of carbonyl (C=O) groups is 1. The lowest BCUT2D eigenvalue weighted by atomic mass is 10.1. The van der Waals surface area contributed by atoms with Crippen molar-refractivity contribution in [1.29, 1.82) is 0 Å². The molecule has 136 valence electrons. The van der Waals surface area contributed by atoms with Crippen molar-refractivity contribution >= 4 is 6.16 Å². The summed E-state index contributed by atoms with van der Waals surface area (Å²) in [5.74, 6) is 0.631. The molecule has 1 rings (SSSR count). The van der Waals surface area contributed by atoms with Crippen LogP contribution >= 0.6 is 0 Å². The maximum Gasteiger partial charge on any atom is 0.513 e. The zero-order valence-electron chi connectivity index (χ0n) is 15.5. The molecular weight excluding hydrogens is 300 g/mol. The summed E-state index contributed by atoms with van der Waals surface area (Å²) in [6.45, 7) is 4.84. The van der Waals surface area contributed by atoms with E-state index in [1.807, 2.05) is 24.3 Å². The Labute approximate surface area is 147 Å². The third-order valence-corrected chi connectivity index (χ3v) is 4.18. The van der Waals surface area contributed by atoms with E-state index < -0.39 is 6.16 Å². The molecule has 0 aliphatic heterocycles. The van der Waals surface area contributed by atoms with Gasteiger partial charge in [0, 0.05) is 0 Å². The van der Waals surface area contributed by atoms with Gasteiger partial charge in [0.05, 0.1) is 6.61 Å². The molecule has 0 amide bonds. The maximum atomic E-state index is 11.8. The van der Waals surface area contributed by atoms with Gasteiger partial charge < -0.3 is 9.47 Å². The van der Waals surface area contributed by atoms with Crippen LogP contribution in [0.1, 0.15) is 83.6 Å². The average molecular weight is 335 g/mol. The zero-order chi connectivity index (χ0) is 17.5. The van der Waals surface area contributed by atoms with Crippen LogP contribution in [0.5, 0.6) is 5.75 Å². The molecule has 3 heteroatoms. The third-order valence-electron chi connectivity index (χ3n) is 4.18. The molecule has 0 N–H and O–H groups in total. The molecule has 3 nitrogen and oxygen atoms in total. The van der Waals surface area contributed by atoms with Crippen LogP contribution in [-0.4, -0.2) is 12.8 Å². The smallest absolute Gasteiger partial charge is 0.434 e. The van der Waals surface area contributed by atoms with Crippen LogP contribution in [0.4, 0.5) is 4.79 Å². The summed E-state index contributed by atoms with van der Waals surface area (Å²) in [7, 11) is 0. The number of rotatable bonds is 13. The van der Waals surface area contributed by atoms with Crippen molar-refractivity contribution in [1.82, 2.24) is 0 Å². The van der Waals surface area contributed by atoms with E-state index in [2.05, 4.69) is 13.8 Å². The topological polar surface area (TPSA) is 35.5 Å². The fourth-order valence-electron chi connectivity index (χ4n) is 2.69. The van der Waals surface area contributed by atoms with Crippen molar-refractivity contribution < 1.29 is 14.3 Å². The molecule has 0 aromatic heterocycles. The van der Waals surface area contributed by atoms with Crippen LogP contribution in [0.2, 0.25) is 0 Å². The van der Waals surface area contributed by atoms with Gasteiger partial charge in [-0.3, -0.25) is 0 Å². The van der Waals surface area contributed by atoms with E-state index >= 15 is 0 Å². The number of unbranched alkanes of at least 4 members (excludes halogenated alkanes) is 8. The largest absolute Gasteiger partial charge is 0.513 e. The van der Waals surface area contributed by atoms with E-state index in [4.69, 9.17) is 9.47 Å². The lowest BCUT2D eigenvalue weighted by Gasteiger charge is -2.10. The van der Waals surface area contributed by atoms with E-state index in [1.165, 1.54) is 38.5 Å². The summed E-state index contributed by atoms with van der Waals surface area (Å²) in [5.41, 5.74) is 1.07. The van der Waals surface area contributed by atoms with E-state index in [-0.39, 0.29) is 0 Å². The Morgan fingerprint density at radius 3 is 2.17 bits per heavy atom. The number of ether oxygens (including phenoxy) is 2. The van der Waals surface area contributed by atoms with Gasteiger partial charge in [0.25, 0.3) is 0 Å². The molecule has 0 atom stereocenters. The highest BCUT2D eigenvalue weighted by atomic mass is 16.7. The second-order valence-electron chi connectivity index (χ2n) is 6.39. The fraction of sp³-hybridized carbons (Fsp3) is 0.667. The first-order valence-electron chi connectivity index (χ1n) is 9.70. The lowest BCUT2D eigenvalue weighted by Crippen LogP contribution is -2.12. The Bertz CT molecular complexity index is 442. The van der Waals surface area contributed by atoms with Gasteiger partial charge in [-0.15, -0.1) is 0 Å². The summed E-state index contributed by atoms with van der Waals surface area (Å²) < 4.78 is 10.5. The minimum Gasteiger partial charge on any atom is -0.434 e. The highest BCUT2D eigenvalue weighted by Crippen LogP contribution is 2.20. The first kappa shape index (κ1) is 20.5. The van der Waals surface area contributed by atoms with Crippen molar-refractivity contribution in [3.8, 4) is 5.75 Å². The van der Waals surface area contributed by atoms with Gasteiger partial charge in [0.1, 0.15) is 5.75 Å². The minimum atomic E-state index is -0.582. The predicted molar refractivity (Wildman–Crippen MR) is 99.6 cm³/mol. The predicted octanol–water partition coefficient (Wildman–Crippen LogP) is 6.69. The molecule has 1 aromatic carbocycles. The number of hydrogen-bond acceptors (Lipinski definition) is 3. The Balaban J connectivity index is 2.14. The Kier molecular flexibility index (Phi) is 11.9. The van der Waals surface area contributed by atoms with Crippen LogP contribution in [0.15, 0.2) is 24.3 Å². The van der Waals surface area contributed by atoms with Crippen molar-refractivity contribution in [3.63, 3.8) is 0 Å². The normalized spacial score (nSPS) is 10.6. The van der Waals surface area contributed by atoms with Crippen LogP contribution in [0.3, 0.4) is 0 Å². The molecule has 0 aliphatic rings. The molecule has 0 heterocycles. The summed E-state index contributed by atoms with van der Waals surface area (Å²) >= 11 is 0. The molecule has 0 saturated heterocycles. The quantitative estimate of drug-likeness (QED) is 0.229. The van der Waals surface area contributed by atoms with E-state index in [0.717, 1.165) is 37.7 Å². The number of para-hydroxylation sites is 1. The van der Waals surface area contributed by atoms with E-state index in [9.17, 15) is 4.79 Å². The van der Waals surface area contributed by atoms with Crippen LogP contribution in [0.25, 0.3) is 0 Å². The lowest BCUT2D eigenvalue weighted by molar-refractivity contribution is 0.0969. The second kappa shape index (κ2) is 13.9. The molecular formula is C21H34O3. The van der Waals surface area contributed by atoms with Gasteiger partial charge in [-0.05, 0) is 30.9 Å². The van der Waals surface area contributed by atoms with Crippen LogP contribution < -0.4 is 4.74 Å². The molecule has 0 saturated carbocycles. The summed E-state index contributed by atoms with van der Waals surface area (Å²) in [4.78, 5) is 11.8. The highest BCUT2D eigenvalue weighted by molar-refractivity contribution is 5.64. The van der Waals surface area contributed by atoms with Gasteiger partial charge in [0.2, 0.25) is 0 Å². The average Bonchev–Trinajstić information content (AvgIpc) is 2.59. The number of aryl methyl sites for hydroxylation is 1. The molecule has 0 unspecified atom stereocenters. The van der Waals surface area contributed by atoms with Crippen LogP contribution in [0, 0.1) is 0 Å². The first-order valence-corrected chi connectivity index (χ1v) is 9.70. The Hall–Kier alpha value is -1.51. The van der Waals surface area contributed by atoms with E-state index in [0.29, 0.717) is 12.4 Å². The summed E-state index contributed by atoms with van der Waals surface area (Å²) in [6, 6.07) is 7.71. The van der Waals surface area contributed by atoms with Gasteiger partial charge in [0.15, 0.2) is 0 Å². The zero-order valence-corrected chi connectivity index (χ0v) is 15.5. The number of benzene rings is 1. The molecule has 0 bridgehead atoms. The summed E-state index contributed by atoms with van der Waals surface area (Å²) in [6.07, 6.45) is 12.4. The van der Waals surface area contributed by atoms with Crippen molar-refractivity contribution in [2.45, 2.75) is 84.5 Å².